The summed E-state index contributed by atoms with van der Waals surface area (Å²) in [4.78, 5) is 51.2. The first-order valence-electron chi connectivity index (χ1n) is 31.6. The van der Waals surface area contributed by atoms with Gasteiger partial charge in [0.15, 0.2) is 24.6 Å². The van der Waals surface area contributed by atoms with E-state index in [4.69, 9.17) is 23.7 Å². The highest BCUT2D eigenvalue weighted by Crippen LogP contribution is 2.27. The number of carbonyl (C=O) groups excluding carboxylic acids is 3. The molecular formula is C65H114O12. The minimum atomic E-state index is -1.91. The van der Waals surface area contributed by atoms with Crippen LogP contribution in [-0.2, 0) is 42.9 Å². The van der Waals surface area contributed by atoms with Gasteiger partial charge in [-0.2, -0.15) is 0 Å². The summed E-state index contributed by atoms with van der Waals surface area (Å²) in [6.45, 7) is 5.93. The maximum atomic E-state index is 13.2. The predicted molar refractivity (Wildman–Crippen MR) is 312 cm³/mol. The van der Waals surface area contributed by atoms with Gasteiger partial charge in [-0.15, -0.1) is 0 Å². The summed E-state index contributed by atoms with van der Waals surface area (Å²) in [6, 6.07) is 0. The molecule has 6 atom stereocenters. The normalized spacial score (nSPS) is 18.3. The molecule has 77 heavy (non-hydrogen) atoms. The van der Waals surface area contributed by atoms with Gasteiger partial charge in [-0.3, -0.25) is 14.4 Å². The van der Waals surface area contributed by atoms with Crippen LogP contribution in [0, 0.1) is 0 Å². The van der Waals surface area contributed by atoms with E-state index in [1.807, 2.05) is 0 Å². The Morgan fingerprint density at radius 2 is 0.805 bits per heavy atom. The highest BCUT2D eigenvalue weighted by atomic mass is 16.7. The molecule has 6 unspecified atom stereocenters. The van der Waals surface area contributed by atoms with Crippen LogP contribution in [0.5, 0.6) is 0 Å². The van der Waals surface area contributed by atoms with E-state index in [1.54, 1.807) is 0 Å². The van der Waals surface area contributed by atoms with Crippen molar-refractivity contribution in [1.82, 2.24) is 0 Å². The number of ether oxygens (including phenoxy) is 5. The van der Waals surface area contributed by atoms with Crippen LogP contribution in [-0.4, -0.2) is 89.2 Å². The molecule has 0 radical (unpaired) electrons. The van der Waals surface area contributed by atoms with Crippen molar-refractivity contribution in [2.24, 2.45) is 0 Å². The molecule has 0 spiro atoms. The second-order valence-corrected chi connectivity index (χ2v) is 21.7. The monoisotopic (exact) mass is 1090 g/mol. The SMILES string of the molecule is CCC/C=C\C/C=C\CCCCCCCC(=O)OC1C(OCC(COC(=O)CCCCCCCCCCC/C=C\CCCCCCCC)OC(=O)CCCCCCC/C=C\CCCCCCCC)OC(C(=O)O)C(O)C1O. The first kappa shape index (κ1) is 71.7. The summed E-state index contributed by atoms with van der Waals surface area (Å²) >= 11 is 0. The molecule has 0 saturated carbocycles. The van der Waals surface area contributed by atoms with E-state index in [2.05, 4.69) is 69.4 Å². The molecule has 1 saturated heterocycles. The molecule has 3 N–H and O–H groups in total. The van der Waals surface area contributed by atoms with Gasteiger partial charge in [-0.1, -0.05) is 223 Å². The summed E-state index contributed by atoms with van der Waals surface area (Å²) in [5.41, 5.74) is 0. The van der Waals surface area contributed by atoms with Crippen LogP contribution in [0.2, 0.25) is 0 Å². The highest BCUT2D eigenvalue weighted by Gasteiger charge is 2.50. The largest absolute Gasteiger partial charge is 0.479 e. The number of unbranched alkanes of at least 4 members (excludes halogenated alkanes) is 32. The number of esters is 3. The second kappa shape index (κ2) is 53.3. The number of carboxylic acid groups (broad SMARTS) is 1. The van der Waals surface area contributed by atoms with Crippen molar-refractivity contribution in [2.45, 2.75) is 327 Å². The number of allylic oxidation sites excluding steroid dienone is 8. The van der Waals surface area contributed by atoms with Gasteiger partial charge in [-0.05, 0) is 96.3 Å². The number of carboxylic acids is 1. The van der Waals surface area contributed by atoms with Gasteiger partial charge in [0, 0.05) is 19.3 Å². The first-order valence-corrected chi connectivity index (χ1v) is 31.6. The average Bonchev–Trinajstić information content (AvgIpc) is 3.42. The van der Waals surface area contributed by atoms with Gasteiger partial charge >= 0.3 is 23.9 Å². The summed E-state index contributed by atoms with van der Waals surface area (Å²) in [6.07, 6.45) is 52.2. The van der Waals surface area contributed by atoms with Crippen molar-refractivity contribution >= 4 is 23.9 Å². The minimum absolute atomic E-state index is 0.0443. The topological polar surface area (TPSA) is 175 Å². The number of aliphatic hydroxyl groups is 2. The molecule has 1 fully saturated rings. The number of aliphatic carboxylic acids is 1. The molecule has 0 bridgehead atoms. The molecule has 1 aliphatic rings. The standard InChI is InChI=1S/C65H114O12/c1-4-7-10-13-16-19-22-25-27-28-29-30-32-34-36-39-42-45-48-51-57(66)73-54-56(75-58(67)52-49-46-43-40-38-35-31-26-23-20-17-14-11-8-5-2)55-74-65-63(61(70)60(69)62(77-65)64(71)72)76-59(68)53-50-47-44-41-37-33-24-21-18-15-12-9-6-3/h12,15,21,24-27,31,56,60-63,65,69-70H,4-11,13-14,16-20,22-23,28-30,32-55H2,1-3H3,(H,71,72)/b15-12-,24-21-,27-25-,31-26-. The minimum Gasteiger partial charge on any atom is -0.479 e. The maximum Gasteiger partial charge on any atom is 0.335 e. The lowest BCUT2D eigenvalue weighted by Gasteiger charge is -2.40. The second-order valence-electron chi connectivity index (χ2n) is 21.7. The van der Waals surface area contributed by atoms with E-state index in [-0.39, 0.29) is 25.9 Å². The molecule has 0 aromatic heterocycles. The third kappa shape index (κ3) is 43.2. The highest BCUT2D eigenvalue weighted by molar-refractivity contribution is 5.74. The Hall–Kier alpha value is -3.32. The van der Waals surface area contributed by atoms with Crippen molar-refractivity contribution in [3.63, 3.8) is 0 Å². The maximum absolute atomic E-state index is 13.2. The zero-order valence-electron chi connectivity index (χ0n) is 49.2. The van der Waals surface area contributed by atoms with E-state index in [1.165, 1.54) is 122 Å². The lowest BCUT2D eigenvalue weighted by molar-refractivity contribution is -0.301. The zero-order chi connectivity index (χ0) is 56.1. The van der Waals surface area contributed by atoms with Crippen LogP contribution in [0.15, 0.2) is 48.6 Å². The van der Waals surface area contributed by atoms with Gasteiger partial charge in [-0.25, -0.2) is 4.79 Å². The van der Waals surface area contributed by atoms with Gasteiger partial charge < -0.3 is 39.0 Å². The Balaban J connectivity index is 2.66. The summed E-state index contributed by atoms with van der Waals surface area (Å²) in [7, 11) is 0. The fourth-order valence-corrected chi connectivity index (χ4v) is 9.45. The number of rotatable bonds is 54. The Kier molecular flexibility index (Phi) is 49.7. The molecule has 1 rings (SSSR count). The number of aliphatic hydroxyl groups excluding tert-OH is 2. The zero-order valence-corrected chi connectivity index (χ0v) is 49.2. The van der Waals surface area contributed by atoms with E-state index in [9.17, 15) is 34.5 Å². The van der Waals surface area contributed by atoms with Crippen molar-refractivity contribution in [1.29, 1.82) is 0 Å². The van der Waals surface area contributed by atoms with Crippen LogP contribution < -0.4 is 0 Å². The summed E-state index contributed by atoms with van der Waals surface area (Å²) in [5, 5.41) is 31.5. The Morgan fingerprint density at radius 3 is 1.23 bits per heavy atom. The molecule has 1 heterocycles. The van der Waals surface area contributed by atoms with Crippen LogP contribution in [0.1, 0.15) is 290 Å². The molecule has 0 aliphatic carbocycles. The lowest BCUT2D eigenvalue weighted by Crippen LogP contribution is -2.61. The molecule has 1 aliphatic heterocycles. The smallest absolute Gasteiger partial charge is 0.335 e. The number of carbonyl (C=O) groups is 4. The summed E-state index contributed by atoms with van der Waals surface area (Å²) < 4.78 is 28.5. The number of hydrogen-bond donors (Lipinski definition) is 3. The van der Waals surface area contributed by atoms with Crippen molar-refractivity contribution in [2.75, 3.05) is 13.2 Å². The van der Waals surface area contributed by atoms with Gasteiger partial charge in [0.25, 0.3) is 0 Å². The molecule has 446 valence electrons. The molecule has 0 aromatic rings. The Bertz CT molecular complexity index is 1520. The van der Waals surface area contributed by atoms with Crippen LogP contribution in [0.4, 0.5) is 0 Å². The van der Waals surface area contributed by atoms with Crippen molar-refractivity contribution < 1.29 is 58.2 Å². The van der Waals surface area contributed by atoms with Crippen LogP contribution >= 0.6 is 0 Å². The third-order valence-corrected chi connectivity index (χ3v) is 14.3. The first-order chi connectivity index (χ1) is 37.6. The quantitative estimate of drug-likeness (QED) is 0.0228. The fourth-order valence-electron chi connectivity index (χ4n) is 9.45. The van der Waals surface area contributed by atoms with Gasteiger partial charge in [0.1, 0.15) is 18.8 Å². The Morgan fingerprint density at radius 1 is 0.429 bits per heavy atom. The van der Waals surface area contributed by atoms with E-state index < -0.39 is 67.3 Å². The summed E-state index contributed by atoms with van der Waals surface area (Å²) in [5.74, 6) is -3.13. The van der Waals surface area contributed by atoms with Gasteiger partial charge in [0.05, 0.1) is 6.61 Å². The van der Waals surface area contributed by atoms with E-state index >= 15 is 0 Å². The number of hydrogen-bond acceptors (Lipinski definition) is 11. The van der Waals surface area contributed by atoms with Crippen LogP contribution in [0.3, 0.4) is 0 Å². The molecule has 0 aromatic carbocycles. The van der Waals surface area contributed by atoms with Crippen LogP contribution in [0.25, 0.3) is 0 Å². The lowest BCUT2D eigenvalue weighted by atomic mass is 9.98. The predicted octanol–water partition coefficient (Wildman–Crippen LogP) is 16.6. The third-order valence-electron chi connectivity index (χ3n) is 14.3. The van der Waals surface area contributed by atoms with E-state index in [0.29, 0.717) is 19.3 Å². The van der Waals surface area contributed by atoms with Crippen molar-refractivity contribution in [3.05, 3.63) is 48.6 Å². The fraction of sp³-hybridized carbons (Fsp3) is 0.815. The van der Waals surface area contributed by atoms with Gasteiger partial charge in [0.2, 0.25) is 0 Å². The molecule has 12 heteroatoms. The van der Waals surface area contributed by atoms with Crippen molar-refractivity contribution in [3.8, 4) is 0 Å². The molecule has 12 nitrogen and oxygen atoms in total. The molecule has 0 amide bonds. The molecular weight excluding hydrogens is 973 g/mol. The van der Waals surface area contributed by atoms with E-state index in [0.717, 1.165) is 109 Å². The average molecular weight is 1090 g/mol. The Labute approximate surface area is 469 Å².